The largest absolute Gasteiger partial charge is 0.464 e. The number of esters is 1. The van der Waals surface area contributed by atoms with Gasteiger partial charge in [-0.15, -0.1) is 0 Å². The van der Waals surface area contributed by atoms with Crippen LogP contribution in [0.2, 0.25) is 0 Å². The van der Waals surface area contributed by atoms with Gasteiger partial charge in [0.2, 0.25) is 5.91 Å². The van der Waals surface area contributed by atoms with Gasteiger partial charge in [-0.1, -0.05) is 12.2 Å². The fourth-order valence-electron chi connectivity index (χ4n) is 0.675. The summed E-state index contributed by atoms with van der Waals surface area (Å²) in [5.41, 5.74) is 5.23. The van der Waals surface area contributed by atoms with Crippen molar-refractivity contribution < 1.29 is 14.3 Å². The van der Waals surface area contributed by atoms with Crippen LogP contribution in [0.4, 0.5) is 0 Å². The first-order chi connectivity index (χ1) is 5.99. The quantitative estimate of drug-likeness (QED) is 0.469. The lowest BCUT2D eigenvalue weighted by Gasteiger charge is -2.14. The van der Waals surface area contributed by atoms with Gasteiger partial charge in [0.1, 0.15) is 4.99 Å². The number of carbonyl (C=O) groups excluding carboxylic acids is 2. The number of nitrogens with two attached hydrogens (primary N) is 1. The smallest absolute Gasteiger partial charge is 0.335 e. The molecule has 0 aromatic rings. The zero-order valence-electron chi connectivity index (χ0n) is 7.49. The normalized spacial score (nSPS) is 11.5. The molecule has 1 atom stereocenters. The summed E-state index contributed by atoms with van der Waals surface area (Å²) in [6.45, 7) is 3.14. The van der Waals surface area contributed by atoms with Crippen molar-refractivity contribution >= 4 is 29.1 Å². The van der Waals surface area contributed by atoms with Gasteiger partial charge in [0, 0.05) is 6.92 Å². The van der Waals surface area contributed by atoms with Crippen molar-refractivity contribution in [2.45, 2.75) is 19.9 Å². The summed E-state index contributed by atoms with van der Waals surface area (Å²) in [6.07, 6.45) is 0. The first-order valence-corrected chi connectivity index (χ1v) is 4.13. The van der Waals surface area contributed by atoms with Crippen LogP contribution in [0.3, 0.4) is 0 Å². The lowest BCUT2D eigenvalue weighted by atomic mass is 10.3. The second-order valence-corrected chi connectivity index (χ2v) is 2.76. The van der Waals surface area contributed by atoms with Gasteiger partial charge in [-0.2, -0.15) is 0 Å². The molecule has 0 aliphatic rings. The number of thiocarbonyl (C=S) groups is 1. The van der Waals surface area contributed by atoms with Crippen molar-refractivity contribution in [3.05, 3.63) is 0 Å². The Hall–Kier alpha value is -1.17. The Bertz CT molecular complexity index is 230. The van der Waals surface area contributed by atoms with Crippen molar-refractivity contribution in [3.63, 3.8) is 0 Å². The molecule has 0 saturated heterocycles. The van der Waals surface area contributed by atoms with Gasteiger partial charge >= 0.3 is 5.97 Å². The van der Waals surface area contributed by atoms with Crippen molar-refractivity contribution in [2.24, 2.45) is 5.73 Å². The van der Waals surface area contributed by atoms with Gasteiger partial charge in [0.05, 0.1) is 6.61 Å². The van der Waals surface area contributed by atoms with Crippen LogP contribution >= 0.6 is 12.2 Å². The van der Waals surface area contributed by atoms with Gasteiger partial charge in [-0.05, 0) is 6.92 Å². The summed E-state index contributed by atoms with van der Waals surface area (Å²) in [5, 5.41) is 2.28. The van der Waals surface area contributed by atoms with E-state index >= 15 is 0 Å². The van der Waals surface area contributed by atoms with Crippen LogP contribution < -0.4 is 11.1 Å². The minimum absolute atomic E-state index is 0.103. The van der Waals surface area contributed by atoms with Gasteiger partial charge in [0.15, 0.2) is 6.04 Å². The molecule has 0 bridgehead atoms. The molecule has 1 amide bonds. The Labute approximate surface area is 81.6 Å². The molecule has 0 aromatic heterocycles. The predicted octanol–water partition coefficient (Wildman–Crippen LogP) is -0.660. The van der Waals surface area contributed by atoms with Crippen LogP contribution in [-0.2, 0) is 14.3 Å². The monoisotopic (exact) mass is 204 g/mol. The maximum absolute atomic E-state index is 11.1. The third-order valence-corrected chi connectivity index (χ3v) is 1.39. The molecule has 5 nitrogen and oxygen atoms in total. The molecule has 3 N–H and O–H groups in total. The Morgan fingerprint density at radius 1 is 1.62 bits per heavy atom. The highest BCUT2D eigenvalue weighted by molar-refractivity contribution is 7.80. The van der Waals surface area contributed by atoms with Gasteiger partial charge in [0.25, 0.3) is 0 Å². The fourth-order valence-corrected chi connectivity index (χ4v) is 0.830. The maximum atomic E-state index is 11.1. The van der Waals surface area contributed by atoms with E-state index in [0.717, 1.165) is 0 Å². The Morgan fingerprint density at radius 3 is 2.46 bits per heavy atom. The van der Waals surface area contributed by atoms with Crippen LogP contribution in [0.25, 0.3) is 0 Å². The third-order valence-electron chi connectivity index (χ3n) is 1.15. The first kappa shape index (κ1) is 11.8. The van der Waals surface area contributed by atoms with E-state index < -0.39 is 12.0 Å². The SMILES string of the molecule is CCOC(=O)[C@H](NC(C)=O)C(N)=S. The number of amides is 1. The topological polar surface area (TPSA) is 81.4 Å². The minimum Gasteiger partial charge on any atom is -0.464 e. The molecular weight excluding hydrogens is 192 g/mol. The highest BCUT2D eigenvalue weighted by atomic mass is 32.1. The molecule has 0 saturated carbocycles. The summed E-state index contributed by atoms with van der Waals surface area (Å²) in [7, 11) is 0. The van der Waals surface area contributed by atoms with E-state index in [9.17, 15) is 9.59 Å². The first-order valence-electron chi connectivity index (χ1n) is 3.72. The lowest BCUT2D eigenvalue weighted by molar-refractivity contribution is -0.145. The number of hydrogen-bond acceptors (Lipinski definition) is 4. The number of nitrogens with one attached hydrogen (secondary N) is 1. The minimum atomic E-state index is -1.02. The van der Waals surface area contributed by atoms with Crippen LogP contribution in [0, 0.1) is 0 Å². The van der Waals surface area contributed by atoms with Crippen molar-refractivity contribution in [2.75, 3.05) is 6.61 Å². The highest BCUT2D eigenvalue weighted by Gasteiger charge is 2.23. The second-order valence-electron chi connectivity index (χ2n) is 2.29. The molecule has 13 heavy (non-hydrogen) atoms. The summed E-state index contributed by atoms with van der Waals surface area (Å²) in [5.74, 6) is -1.02. The average molecular weight is 204 g/mol. The van der Waals surface area contributed by atoms with Crippen LogP contribution in [-0.4, -0.2) is 29.5 Å². The van der Waals surface area contributed by atoms with E-state index in [4.69, 9.17) is 5.73 Å². The standard InChI is InChI=1S/C7H12N2O3S/c1-3-12-7(11)5(6(8)13)9-4(2)10/h5H,3H2,1-2H3,(H2,8,13)(H,9,10)/t5-/m1/s1. The van der Waals surface area contributed by atoms with Crippen molar-refractivity contribution in [1.82, 2.24) is 5.32 Å². The van der Waals surface area contributed by atoms with E-state index in [1.807, 2.05) is 0 Å². The summed E-state index contributed by atoms with van der Waals surface area (Å²) in [6, 6.07) is -1.02. The van der Waals surface area contributed by atoms with Gasteiger partial charge < -0.3 is 15.8 Å². The molecule has 0 rings (SSSR count). The summed E-state index contributed by atoms with van der Waals surface area (Å²) in [4.78, 5) is 21.6. The number of hydrogen-bond donors (Lipinski definition) is 2. The Kier molecular flexibility index (Phi) is 4.98. The predicted molar refractivity (Wildman–Crippen MR) is 51.0 cm³/mol. The molecule has 0 heterocycles. The van der Waals surface area contributed by atoms with Crippen LogP contribution in [0.5, 0.6) is 0 Å². The molecular formula is C7H12N2O3S. The lowest BCUT2D eigenvalue weighted by Crippen LogP contribution is -2.48. The molecule has 0 spiro atoms. The van der Waals surface area contributed by atoms with Crippen molar-refractivity contribution in [1.29, 1.82) is 0 Å². The highest BCUT2D eigenvalue weighted by Crippen LogP contribution is 1.90. The molecule has 0 radical (unpaired) electrons. The zero-order chi connectivity index (χ0) is 10.4. The van der Waals surface area contributed by atoms with Crippen LogP contribution in [0.15, 0.2) is 0 Å². The Balaban J connectivity index is 4.32. The van der Waals surface area contributed by atoms with E-state index in [1.54, 1.807) is 6.92 Å². The number of rotatable bonds is 4. The molecule has 0 unspecified atom stereocenters. The van der Waals surface area contributed by atoms with E-state index in [0.29, 0.717) is 0 Å². The van der Waals surface area contributed by atoms with E-state index in [-0.39, 0.29) is 17.5 Å². The summed E-state index contributed by atoms with van der Waals surface area (Å²) >= 11 is 4.59. The Morgan fingerprint density at radius 2 is 2.15 bits per heavy atom. The molecule has 74 valence electrons. The molecule has 0 aromatic carbocycles. The zero-order valence-corrected chi connectivity index (χ0v) is 8.31. The molecule has 0 fully saturated rings. The fraction of sp³-hybridized carbons (Fsp3) is 0.571. The molecule has 6 heteroatoms. The van der Waals surface area contributed by atoms with Gasteiger partial charge in [-0.3, -0.25) is 4.79 Å². The number of ether oxygens (including phenoxy) is 1. The van der Waals surface area contributed by atoms with E-state index in [2.05, 4.69) is 22.3 Å². The van der Waals surface area contributed by atoms with Crippen LogP contribution in [0.1, 0.15) is 13.8 Å². The second kappa shape index (κ2) is 5.47. The summed E-state index contributed by atoms with van der Waals surface area (Å²) < 4.78 is 4.65. The van der Waals surface area contributed by atoms with E-state index in [1.165, 1.54) is 6.92 Å². The molecule has 0 aliphatic heterocycles. The third kappa shape index (κ3) is 4.41. The maximum Gasteiger partial charge on any atom is 0.335 e. The van der Waals surface area contributed by atoms with Gasteiger partial charge in [-0.25, -0.2) is 4.79 Å². The van der Waals surface area contributed by atoms with Crippen molar-refractivity contribution in [3.8, 4) is 0 Å². The average Bonchev–Trinajstić information content (AvgIpc) is 1.99. The molecule has 0 aliphatic carbocycles. The number of carbonyl (C=O) groups is 2.